The second kappa shape index (κ2) is 4.84. The van der Waals surface area contributed by atoms with Crippen LogP contribution in [0.25, 0.3) is 5.69 Å². The van der Waals surface area contributed by atoms with E-state index in [0.29, 0.717) is 16.9 Å². The molecule has 2 aromatic rings. The third-order valence-electron chi connectivity index (χ3n) is 2.68. The molecule has 0 saturated heterocycles. The van der Waals surface area contributed by atoms with E-state index in [1.807, 2.05) is 6.92 Å². The van der Waals surface area contributed by atoms with Crippen LogP contribution in [0.1, 0.15) is 30.0 Å². The summed E-state index contributed by atoms with van der Waals surface area (Å²) in [6.45, 7) is 3.69. The molecule has 0 saturated carbocycles. The smallest absolute Gasteiger partial charge is 0.128 e. The van der Waals surface area contributed by atoms with Crippen LogP contribution in [0.2, 0.25) is 0 Å². The van der Waals surface area contributed by atoms with Gasteiger partial charge in [0, 0.05) is 5.56 Å². The number of halogens is 2. The predicted molar refractivity (Wildman–Crippen MR) is 64.9 cm³/mol. The van der Waals surface area contributed by atoms with E-state index >= 15 is 0 Å². The molecule has 17 heavy (non-hydrogen) atoms. The van der Waals surface area contributed by atoms with Crippen LogP contribution < -0.4 is 0 Å². The first kappa shape index (κ1) is 12.0. The van der Waals surface area contributed by atoms with E-state index in [4.69, 9.17) is 11.6 Å². The maximum atomic E-state index is 13.4. The van der Waals surface area contributed by atoms with Crippen molar-refractivity contribution in [1.82, 2.24) is 15.0 Å². The highest BCUT2D eigenvalue weighted by molar-refractivity contribution is 6.20. The molecule has 90 valence electrons. The fraction of sp³-hybridized carbons (Fsp3) is 0.333. The topological polar surface area (TPSA) is 30.7 Å². The van der Waals surface area contributed by atoms with Crippen molar-refractivity contribution >= 4 is 11.6 Å². The summed E-state index contributed by atoms with van der Waals surface area (Å²) in [5.74, 6) is -0.252. The highest BCUT2D eigenvalue weighted by atomic mass is 35.5. The van der Waals surface area contributed by atoms with E-state index < -0.39 is 0 Å². The van der Waals surface area contributed by atoms with Crippen molar-refractivity contribution in [2.75, 3.05) is 0 Å². The quantitative estimate of drug-likeness (QED) is 0.785. The van der Waals surface area contributed by atoms with Gasteiger partial charge in [0.05, 0.1) is 17.3 Å². The Labute approximate surface area is 104 Å². The highest BCUT2D eigenvalue weighted by Crippen LogP contribution is 2.23. The number of benzene rings is 1. The van der Waals surface area contributed by atoms with E-state index in [0.717, 1.165) is 6.42 Å². The molecule has 0 aliphatic carbocycles. The van der Waals surface area contributed by atoms with Crippen molar-refractivity contribution in [2.45, 2.75) is 25.6 Å². The second-order valence-electron chi connectivity index (χ2n) is 3.85. The first-order valence-corrected chi connectivity index (χ1v) is 5.89. The lowest BCUT2D eigenvalue weighted by atomic mass is 10.2. The SMILES string of the molecule is CCC(Cl)c1cn(-c2cccc(F)c2C)nn1. The van der Waals surface area contributed by atoms with Crippen LogP contribution in [-0.4, -0.2) is 15.0 Å². The third-order valence-corrected chi connectivity index (χ3v) is 3.21. The van der Waals surface area contributed by atoms with Gasteiger partial charge in [0.15, 0.2) is 0 Å². The van der Waals surface area contributed by atoms with Crippen molar-refractivity contribution < 1.29 is 4.39 Å². The summed E-state index contributed by atoms with van der Waals surface area (Å²) in [6.07, 6.45) is 2.52. The van der Waals surface area contributed by atoms with Crippen molar-refractivity contribution in [3.63, 3.8) is 0 Å². The van der Waals surface area contributed by atoms with Gasteiger partial charge >= 0.3 is 0 Å². The van der Waals surface area contributed by atoms with Crippen molar-refractivity contribution in [1.29, 1.82) is 0 Å². The molecule has 0 aliphatic heterocycles. The van der Waals surface area contributed by atoms with Crippen LogP contribution in [0.15, 0.2) is 24.4 Å². The van der Waals surface area contributed by atoms with Crippen molar-refractivity contribution in [2.24, 2.45) is 0 Å². The number of hydrogen-bond acceptors (Lipinski definition) is 2. The molecule has 1 aromatic heterocycles. The van der Waals surface area contributed by atoms with Gasteiger partial charge in [-0.25, -0.2) is 9.07 Å². The average molecular weight is 254 g/mol. The molecule has 0 aliphatic rings. The zero-order valence-corrected chi connectivity index (χ0v) is 10.4. The lowest BCUT2D eigenvalue weighted by Crippen LogP contribution is -1.99. The standard InChI is InChI=1S/C12H13ClFN3/c1-3-9(13)11-7-17(16-15-11)12-6-4-5-10(14)8(12)2/h4-7,9H,3H2,1-2H3. The van der Waals surface area contributed by atoms with Gasteiger partial charge in [-0.2, -0.15) is 0 Å². The molecule has 0 amide bonds. The number of aromatic nitrogens is 3. The van der Waals surface area contributed by atoms with Gasteiger partial charge in [0.2, 0.25) is 0 Å². The van der Waals surface area contributed by atoms with Crippen LogP contribution >= 0.6 is 11.6 Å². The first-order chi connectivity index (χ1) is 8.13. The minimum absolute atomic E-state index is 0.155. The zero-order chi connectivity index (χ0) is 12.4. The molecule has 2 rings (SSSR count). The van der Waals surface area contributed by atoms with Gasteiger partial charge < -0.3 is 0 Å². The summed E-state index contributed by atoms with van der Waals surface area (Å²) < 4.78 is 15.0. The molecule has 1 heterocycles. The average Bonchev–Trinajstić information content (AvgIpc) is 2.81. The zero-order valence-electron chi connectivity index (χ0n) is 9.69. The van der Waals surface area contributed by atoms with E-state index in [1.54, 1.807) is 29.9 Å². The predicted octanol–water partition coefficient (Wildman–Crippen LogP) is 3.40. The Morgan fingerprint density at radius 1 is 1.47 bits per heavy atom. The minimum atomic E-state index is -0.252. The van der Waals surface area contributed by atoms with Crippen molar-refractivity contribution in [3.8, 4) is 5.69 Å². The molecule has 0 N–H and O–H groups in total. The molecule has 0 radical (unpaired) electrons. The molecule has 1 aromatic carbocycles. The van der Waals surface area contributed by atoms with Gasteiger partial charge in [-0.05, 0) is 25.5 Å². The summed E-state index contributed by atoms with van der Waals surface area (Å²) in [7, 11) is 0. The Hall–Kier alpha value is -1.42. The molecule has 0 fully saturated rings. The second-order valence-corrected chi connectivity index (χ2v) is 4.37. The largest absolute Gasteiger partial charge is 0.220 e. The maximum Gasteiger partial charge on any atom is 0.128 e. The van der Waals surface area contributed by atoms with Crippen molar-refractivity contribution in [3.05, 3.63) is 41.5 Å². The lowest BCUT2D eigenvalue weighted by Gasteiger charge is -2.05. The Kier molecular flexibility index (Phi) is 3.43. The summed E-state index contributed by atoms with van der Waals surface area (Å²) in [5, 5.41) is 7.81. The van der Waals surface area contributed by atoms with Gasteiger partial charge in [-0.15, -0.1) is 16.7 Å². The first-order valence-electron chi connectivity index (χ1n) is 5.45. The highest BCUT2D eigenvalue weighted by Gasteiger charge is 2.12. The van der Waals surface area contributed by atoms with Gasteiger partial charge in [-0.1, -0.05) is 18.2 Å². The number of nitrogens with zero attached hydrogens (tertiary/aromatic N) is 3. The van der Waals surface area contributed by atoms with E-state index in [1.165, 1.54) is 6.07 Å². The molecule has 1 unspecified atom stereocenters. The van der Waals surface area contributed by atoms with Crippen LogP contribution in [0.5, 0.6) is 0 Å². The molecule has 0 bridgehead atoms. The van der Waals surface area contributed by atoms with Crippen LogP contribution in [0.4, 0.5) is 4.39 Å². The number of hydrogen-bond donors (Lipinski definition) is 0. The third kappa shape index (κ3) is 2.31. The minimum Gasteiger partial charge on any atom is -0.220 e. The number of alkyl halides is 1. The van der Waals surface area contributed by atoms with Gasteiger partial charge in [-0.3, -0.25) is 0 Å². The Morgan fingerprint density at radius 3 is 2.94 bits per heavy atom. The molecule has 3 nitrogen and oxygen atoms in total. The van der Waals surface area contributed by atoms with Crippen LogP contribution in [-0.2, 0) is 0 Å². The normalized spacial score (nSPS) is 12.7. The van der Waals surface area contributed by atoms with E-state index in [2.05, 4.69) is 10.3 Å². The van der Waals surface area contributed by atoms with Gasteiger partial charge in [0.25, 0.3) is 0 Å². The Bertz CT molecular complexity index is 524. The Morgan fingerprint density at radius 2 is 2.24 bits per heavy atom. The molecular weight excluding hydrogens is 241 g/mol. The summed E-state index contributed by atoms with van der Waals surface area (Å²) in [5.41, 5.74) is 1.94. The molecule has 1 atom stereocenters. The maximum absolute atomic E-state index is 13.4. The fourth-order valence-corrected chi connectivity index (χ4v) is 1.69. The molecular formula is C12H13ClFN3. The summed E-state index contributed by atoms with van der Waals surface area (Å²) in [6, 6.07) is 4.87. The molecule has 0 spiro atoms. The van der Waals surface area contributed by atoms with Gasteiger partial charge in [0.1, 0.15) is 11.5 Å². The summed E-state index contributed by atoms with van der Waals surface area (Å²) in [4.78, 5) is 0. The van der Waals surface area contributed by atoms with E-state index in [9.17, 15) is 4.39 Å². The molecule has 5 heteroatoms. The fourth-order valence-electron chi connectivity index (χ4n) is 1.59. The van der Waals surface area contributed by atoms with Crippen LogP contribution in [0.3, 0.4) is 0 Å². The van der Waals surface area contributed by atoms with Crippen LogP contribution in [0, 0.1) is 12.7 Å². The monoisotopic (exact) mass is 253 g/mol. The number of rotatable bonds is 3. The lowest BCUT2D eigenvalue weighted by molar-refractivity contribution is 0.614. The Balaban J connectivity index is 2.40. The van der Waals surface area contributed by atoms with E-state index in [-0.39, 0.29) is 11.2 Å². The summed E-state index contributed by atoms with van der Waals surface area (Å²) >= 11 is 6.07.